The number of amides is 1. The summed E-state index contributed by atoms with van der Waals surface area (Å²) < 4.78 is 15.9. The maximum Gasteiger partial charge on any atom is 0.306 e. The average molecular weight is 397 g/mol. The number of ether oxygens (including phenoxy) is 3. The predicted molar refractivity (Wildman–Crippen MR) is 109 cm³/mol. The Morgan fingerprint density at radius 2 is 1.76 bits per heavy atom. The van der Waals surface area contributed by atoms with Crippen molar-refractivity contribution in [2.45, 2.75) is 38.8 Å². The fraction of sp³-hybridized carbons (Fsp3) is 0.391. The van der Waals surface area contributed by atoms with Gasteiger partial charge >= 0.3 is 5.97 Å². The van der Waals surface area contributed by atoms with Crippen LogP contribution in [-0.2, 0) is 33.7 Å². The van der Waals surface area contributed by atoms with Gasteiger partial charge in [0.1, 0.15) is 0 Å². The van der Waals surface area contributed by atoms with Crippen LogP contribution in [0.2, 0.25) is 0 Å². The number of nitrogens with zero attached hydrogens (tertiary/aromatic N) is 1. The molecule has 0 saturated carbocycles. The molecule has 6 nitrogen and oxygen atoms in total. The highest BCUT2D eigenvalue weighted by Crippen LogP contribution is 2.28. The quantitative estimate of drug-likeness (QED) is 0.672. The van der Waals surface area contributed by atoms with Crippen LogP contribution >= 0.6 is 0 Å². The second-order valence-corrected chi connectivity index (χ2v) is 7.10. The standard InChI is InChI=1S/C23H27NO5/c1-16(23(26)24-13-12-18-6-4-5-7-19(18)15-24)29-22(25)11-9-17-8-10-20(27-2)21(14-17)28-3/h4-8,10,14,16H,9,11-13,15H2,1-3H3/t16-/m1/s1. The van der Waals surface area contributed by atoms with Gasteiger partial charge < -0.3 is 19.1 Å². The zero-order chi connectivity index (χ0) is 20.8. The minimum absolute atomic E-state index is 0.154. The lowest BCUT2D eigenvalue weighted by Gasteiger charge is -2.30. The summed E-state index contributed by atoms with van der Waals surface area (Å²) in [5.74, 6) is 0.713. The molecule has 0 saturated heterocycles. The highest BCUT2D eigenvalue weighted by molar-refractivity contribution is 5.83. The van der Waals surface area contributed by atoms with Gasteiger partial charge in [-0.15, -0.1) is 0 Å². The van der Waals surface area contributed by atoms with E-state index in [1.54, 1.807) is 32.1 Å². The van der Waals surface area contributed by atoms with Crippen LogP contribution in [0.3, 0.4) is 0 Å². The summed E-state index contributed by atoms with van der Waals surface area (Å²) in [5.41, 5.74) is 3.36. The van der Waals surface area contributed by atoms with Gasteiger partial charge in [0.2, 0.25) is 0 Å². The highest BCUT2D eigenvalue weighted by Gasteiger charge is 2.26. The van der Waals surface area contributed by atoms with Gasteiger partial charge in [-0.2, -0.15) is 0 Å². The summed E-state index contributed by atoms with van der Waals surface area (Å²) in [6.45, 7) is 2.84. The third-order valence-corrected chi connectivity index (χ3v) is 5.16. The summed E-state index contributed by atoms with van der Waals surface area (Å²) in [5, 5.41) is 0. The number of carbonyl (C=O) groups excluding carboxylic acids is 2. The summed E-state index contributed by atoms with van der Waals surface area (Å²) >= 11 is 0. The summed E-state index contributed by atoms with van der Waals surface area (Å²) in [4.78, 5) is 26.7. The van der Waals surface area contributed by atoms with Crippen LogP contribution in [0.4, 0.5) is 0 Å². The number of aryl methyl sites for hydroxylation is 1. The van der Waals surface area contributed by atoms with Crippen LogP contribution in [0.15, 0.2) is 42.5 Å². The fourth-order valence-electron chi connectivity index (χ4n) is 3.53. The molecule has 1 aliphatic rings. The van der Waals surface area contributed by atoms with E-state index in [1.165, 1.54) is 5.56 Å². The van der Waals surface area contributed by atoms with E-state index in [0.29, 0.717) is 31.0 Å². The number of fused-ring (bicyclic) bond motifs is 1. The third-order valence-electron chi connectivity index (χ3n) is 5.16. The van der Waals surface area contributed by atoms with Crippen LogP contribution < -0.4 is 9.47 Å². The van der Waals surface area contributed by atoms with Crippen molar-refractivity contribution < 1.29 is 23.8 Å². The number of benzene rings is 2. The second kappa shape index (κ2) is 9.45. The lowest BCUT2D eigenvalue weighted by atomic mass is 9.99. The molecule has 0 aliphatic carbocycles. The van der Waals surface area contributed by atoms with Gasteiger partial charge in [0.05, 0.1) is 14.2 Å². The second-order valence-electron chi connectivity index (χ2n) is 7.10. The van der Waals surface area contributed by atoms with Crippen LogP contribution in [0.25, 0.3) is 0 Å². The van der Waals surface area contributed by atoms with Crippen LogP contribution in [0, 0.1) is 0 Å². The van der Waals surface area contributed by atoms with Crippen LogP contribution in [0.5, 0.6) is 11.5 Å². The lowest BCUT2D eigenvalue weighted by molar-refractivity contribution is -0.159. The van der Waals surface area contributed by atoms with E-state index in [0.717, 1.165) is 17.5 Å². The Morgan fingerprint density at radius 3 is 2.48 bits per heavy atom. The largest absolute Gasteiger partial charge is 0.493 e. The molecule has 0 unspecified atom stereocenters. The molecule has 1 heterocycles. The van der Waals surface area contributed by atoms with Crippen molar-refractivity contribution in [3.05, 3.63) is 59.2 Å². The molecule has 0 bridgehead atoms. The number of methoxy groups -OCH3 is 2. The molecule has 6 heteroatoms. The number of hydrogen-bond acceptors (Lipinski definition) is 5. The van der Waals surface area contributed by atoms with Gasteiger partial charge in [-0.3, -0.25) is 9.59 Å². The third kappa shape index (κ3) is 5.08. The van der Waals surface area contributed by atoms with E-state index in [9.17, 15) is 9.59 Å². The Kier molecular flexibility index (Phi) is 6.75. The first-order valence-electron chi connectivity index (χ1n) is 9.77. The molecule has 1 aliphatic heterocycles. The normalized spacial score (nSPS) is 14.0. The number of carbonyl (C=O) groups is 2. The van der Waals surface area contributed by atoms with Crippen molar-refractivity contribution in [3.8, 4) is 11.5 Å². The summed E-state index contributed by atoms with van der Waals surface area (Å²) in [7, 11) is 3.15. The van der Waals surface area contributed by atoms with Crippen molar-refractivity contribution >= 4 is 11.9 Å². The SMILES string of the molecule is COc1ccc(CCC(=O)O[C@H](C)C(=O)N2CCc3ccccc3C2)cc1OC. The number of rotatable bonds is 7. The highest BCUT2D eigenvalue weighted by atomic mass is 16.5. The maximum atomic E-state index is 12.7. The Labute approximate surface area is 171 Å². The molecule has 0 aromatic heterocycles. The Balaban J connectivity index is 1.51. The van der Waals surface area contributed by atoms with E-state index in [4.69, 9.17) is 14.2 Å². The van der Waals surface area contributed by atoms with Gasteiger partial charge in [0.15, 0.2) is 17.6 Å². The lowest BCUT2D eigenvalue weighted by Crippen LogP contribution is -2.42. The van der Waals surface area contributed by atoms with Crippen molar-refractivity contribution in [1.29, 1.82) is 0 Å². The summed E-state index contributed by atoms with van der Waals surface area (Å²) in [6, 6.07) is 13.6. The van der Waals surface area contributed by atoms with Gasteiger partial charge in [-0.05, 0) is 48.6 Å². The van der Waals surface area contributed by atoms with Crippen LogP contribution in [-0.4, -0.2) is 43.6 Å². The van der Waals surface area contributed by atoms with E-state index in [-0.39, 0.29) is 12.3 Å². The minimum Gasteiger partial charge on any atom is -0.493 e. The van der Waals surface area contributed by atoms with Crippen molar-refractivity contribution in [2.24, 2.45) is 0 Å². The Morgan fingerprint density at radius 1 is 1.03 bits per heavy atom. The first-order valence-corrected chi connectivity index (χ1v) is 9.77. The molecule has 29 heavy (non-hydrogen) atoms. The van der Waals surface area contributed by atoms with Crippen molar-refractivity contribution in [1.82, 2.24) is 4.90 Å². The van der Waals surface area contributed by atoms with Crippen LogP contribution in [0.1, 0.15) is 30.0 Å². The molecule has 0 fully saturated rings. The molecular formula is C23H27NO5. The smallest absolute Gasteiger partial charge is 0.306 e. The molecule has 2 aromatic carbocycles. The van der Waals surface area contributed by atoms with Crippen molar-refractivity contribution in [3.63, 3.8) is 0 Å². The first-order chi connectivity index (χ1) is 14.0. The van der Waals surface area contributed by atoms with E-state index in [1.807, 2.05) is 30.3 Å². The molecule has 1 amide bonds. The zero-order valence-corrected chi connectivity index (χ0v) is 17.1. The molecule has 2 aromatic rings. The first kappa shape index (κ1) is 20.7. The maximum absolute atomic E-state index is 12.7. The molecule has 3 rings (SSSR count). The average Bonchev–Trinajstić information content (AvgIpc) is 2.76. The molecule has 154 valence electrons. The zero-order valence-electron chi connectivity index (χ0n) is 17.1. The van der Waals surface area contributed by atoms with E-state index < -0.39 is 12.1 Å². The molecule has 0 N–H and O–H groups in total. The molecule has 0 radical (unpaired) electrons. The summed E-state index contributed by atoms with van der Waals surface area (Å²) in [6.07, 6.45) is 0.716. The topological polar surface area (TPSA) is 65.1 Å². The Bertz CT molecular complexity index is 879. The van der Waals surface area contributed by atoms with Gasteiger partial charge in [0, 0.05) is 19.5 Å². The molecule has 1 atom stereocenters. The monoisotopic (exact) mass is 397 g/mol. The van der Waals surface area contributed by atoms with E-state index in [2.05, 4.69) is 6.07 Å². The number of esters is 1. The van der Waals surface area contributed by atoms with Crippen molar-refractivity contribution in [2.75, 3.05) is 20.8 Å². The van der Waals surface area contributed by atoms with Gasteiger partial charge in [-0.1, -0.05) is 30.3 Å². The van der Waals surface area contributed by atoms with Gasteiger partial charge in [-0.25, -0.2) is 0 Å². The van der Waals surface area contributed by atoms with E-state index >= 15 is 0 Å². The minimum atomic E-state index is -0.793. The Hall–Kier alpha value is -3.02. The fourth-order valence-corrected chi connectivity index (χ4v) is 3.53. The van der Waals surface area contributed by atoms with Gasteiger partial charge in [0.25, 0.3) is 5.91 Å². The predicted octanol–water partition coefficient (Wildman–Crippen LogP) is 3.15. The number of hydrogen-bond donors (Lipinski definition) is 0. The molecule has 0 spiro atoms. The molecular weight excluding hydrogens is 370 g/mol.